The first-order chi connectivity index (χ1) is 11.1. The monoisotopic (exact) mass is 332 g/mol. The highest BCUT2D eigenvalue weighted by Gasteiger charge is 2.40. The Morgan fingerprint density at radius 1 is 1.52 bits per heavy atom. The van der Waals surface area contributed by atoms with E-state index < -0.39 is 0 Å². The molecule has 1 heterocycles. The van der Waals surface area contributed by atoms with Gasteiger partial charge in [0.1, 0.15) is 0 Å². The predicted molar refractivity (Wildman–Crippen MR) is 94.8 cm³/mol. The number of allylic oxidation sites excluding steroid dienone is 1. The SMILES string of the molecule is C=NN(C)/C=C(\C)NC(=O)c1cc([C@@H]2C[C@H]2NC2CCC2)cs1. The summed E-state index contributed by atoms with van der Waals surface area (Å²) in [6.45, 7) is 5.27. The zero-order valence-corrected chi connectivity index (χ0v) is 14.5. The Kier molecular flexibility index (Phi) is 4.82. The normalized spacial score (nSPS) is 24.0. The zero-order valence-electron chi connectivity index (χ0n) is 13.7. The van der Waals surface area contributed by atoms with E-state index in [1.165, 1.54) is 42.6 Å². The number of hydrazone groups is 1. The van der Waals surface area contributed by atoms with Crippen LogP contribution >= 0.6 is 11.3 Å². The molecule has 6 heteroatoms. The molecule has 2 atom stereocenters. The second kappa shape index (κ2) is 6.84. The topological polar surface area (TPSA) is 56.7 Å². The quantitative estimate of drug-likeness (QED) is 0.596. The molecule has 124 valence electrons. The maximum absolute atomic E-state index is 12.3. The van der Waals surface area contributed by atoms with E-state index in [1.807, 2.05) is 13.0 Å². The number of amides is 1. The van der Waals surface area contributed by atoms with Gasteiger partial charge in [-0.15, -0.1) is 11.3 Å². The minimum absolute atomic E-state index is 0.0587. The first-order valence-corrected chi connectivity index (χ1v) is 8.98. The first-order valence-electron chi connectivity index (χ1n) is 8.10. The third-order valence-corrected chi connectivity index (χ3v) is 5.48. The summed E-state index contributed by atoms with van der Waals surface area (Å²) in [5.74, 6) is 0.526. The van der Waals surface area contributed by atoms with Gasteiger partial charge in [-0.05, 0) is 43.2 Å². The van der Waals surface area contributed by atoms with Gasteiger partial charge < -0.3 is 10.6 Å². The summed E-state index contributed by atoms with van der Waals surface area (Å²) in [5, 5.41) is 14.0. The smallest absolute Gasteiger partial charge is 0.265 e. The lowest BCUT2D eigenvalue weighted by atomic mass is 9.93. The molecule has 5 nitrogen and oxygen atoms in total. The van der Waals surface area contributed by atoms with Crippen LogP contribution in [0.3, 0.4) is 0 Å². The molecular formula is C17H24N4OS. The minimum Gasteiger partial charge on any atom is -0.324 e. The summed E-state index contributed by atoms with van der Waals surface area (Å²) in [5.41, 5.74) is 2.04. The summed E-state index contributed by atoms with van der Waals surface area (Å²) in [7, 11) is 1.77. The van der Waals surface area contributed by atoms with Gasteiger partial charge in [-0.25, -0.2) is 0 Å². The summed E-state index contributed by atoms with van der Waals surface area (Å²) >= 11 is 1.52. The van der Waals surface area contributed by atoms with E-state index in [0.717, 1.165) is 16.6 Å². The molecule has 1 amide bonds. The Labute approximate surface area is 141 Å². The van der Waals surface area contributed by atoms with Crippen LogP contribution in [-0.4, -0.2) is 36.8 Å². The molecule has 0 unspecified atom stereocenters. The van der Waals surface area contributed by atoms with E-state index in [1.54, 1.807) is 18.3 Å². The van der Waals surface area contributed by atoms with Crippen LogP contribution in [0.4, 0.5) is 0 Å². The van der Waals surface area contributed by atoms with Gasteiger partial charge in [-0.3, -0.25) is 9.80 Å². The second-order valence-electron chi connectivity index (χ2n) is 6.47. The molecule has 0 bridgehead atoms. The number of thiophene rings is 1. The Morgan fingerprint density at radius 2 is 2.30 bits per heavy atom. The molecule has 1 aromatic heterocycles. The molecule has 1 aromatic rings. The van der Waals surface area contributed by atoms with Crippen molar-refractivity contribution in [2.45, 2.75) is 50.6 Å². The lowest BCUT2D eigenvalue weighted by Crippen LogP contribution is -2.37. The van der Waals surface area contributed by atoms with Crippen LogP contribution in [0, 0.1) is 0 Å². The van der Waals surface area contributed by atoms with Crippen LogP contribution in [0.1, 0.15) is 53.8 Å². The van der Waals surface area contributed by atoms with E-state index in [9.17, 15) is 4.79 Å². The fourth-order valence-corrected chi connectivity index (χ4v) is 3.75. The third kappa shape index (κ3) is 4.00. The average Bonchev–Trinajstić information content (AvgIpc) is 3.07. The summed E-state index contributed by atoms with van der Waals surface area (Å²) < 4.78 is 0. The molecule has 2 aliphatic carbocycles. The Balaban J connectivity index is 1.53. The maximum Gasteiger partial charge on any atom is 0.265 e. The molecule has 2 fully saturated rings. The van der Waals surface area contributed by atoms with Crippen molar-refractivity contribution in [3.8, 4) is 0 Å². The third-order valence-electron chi connectivity index (χ3n) is 4.53. The molecule has 3 rings (SSSR count). The van der Waals surface area contributed by atoms with Gasteiger partial charge >= 0.3 is 0 Å². The van der Waals surface area contributed by atoms with Crippen molar-refractivity contribution in [2.75, 3.05) is 7.05 Å². The first kappa shape index (κ1) is 16.2. The van der Waals surface area contributed by atoms with Crippen molar-refractivity contribution < 1.29 is 4.79 Å². The van der Waals surface area contributed by atoms with Crippen LogP contribution in [0.15, 0.2) is 28.4 Å². The van der Waals surface area contributed by atoms with Gasteiger partial charge in [-0.1, -0.05) is 6.42 Å². The second-order valence-corrected chi connectivity index (χ2v) is 7.38. The van der Waals surface area contributed by atoms with Crippen LogP contribution in [0.25, 0.3) is 0 Å². The standard InChI is InChI=1S/C17H24N4OS/c1-11(9-21(3)18-2)19-17(22)16-7-12(10-23-16)14-8-15(14)20-13-5-4-6-13/h7,9-10,13-15,20H,2,4-6,8H2,1,3H3,(H,19,22)/b11-9+/t14-,15+/m0/s1. The van der Waals surface area contributed by atoms with Crippen molar-refractivity contribution >= 4 is 24.0 Å². The number of hydrogen-bond donors (Lipinski definition) is 2. The van der Waals surface area contributed by atoms with Crippen LogP contribution in [0.5, 0.6) is 0 Å². The molecular weight excluding hydrogens is 308 g/mol. The van der Waals surface area contributed by atoms with Crippen LogP contribution in [0.2, 0.25) is 0 Å². The van der Waals surface area contributed by atoms with Crippen molar-refractivity contribution in [3.63, 3.8) is 0 Å². The molecule has 2 aliphatic rings. The largest absolute Gasteiger partial charge is 0.324 e. The number of carbonyl (C=O) groups is 1. The Bertz CT molecular complexity index is 620. The molecule has 2 saturated carbocycles. The van der Waals surface area contributed by atoms with Gasteiger partial charge in [0.15, 0.2) is 0 Å². The highest BCUT2D eigenvalue weighted by molar-refractivity contribution is 7.12. The van der Waals surface area contributed by atoms with Crippen molar-refractivity contribution in [1.82, 2.24) is 15.6 Å². The highest BCUT2D eigenvalue weighted by atomic mass is 32.1. The number of nitrogens with zero attached hydrogens (tertiary/aromatic N) is 2. The van der Waals surface area contributed by atoms with Crippen molar-refractivity contribution in [3.05, 3.63) is 33.8 Å². The van der Waals surface area contributed by atoms with Crippen LogP contribution < -0.4 is 10.6 Å². The number of hydrogen-bond acceptors (Lipinski definition) is 5. The highest BCUT2D eigenvalue weighted by Crippen LogP contribution is 2.43. The Morgan fingerprint density at radius 3 is 2.96 bits per heavy atom. The summed E-state index contributed by atoms with van der Waals surface area (Å²) in [4.78, 5) is 13.0. The van der Waals surface area contributed by atoms with Gasteiger partial charge in [-0.2, -0.15) is 5.10 Å². The summed E-state index contributed by atoms with van der Waals surface area (Å²) in [6, 6.07) is 3.38. The molecule has 23 heavy (non-hydrogen) atoms. The van der Waals surface area contributed by atoms with E-state index >= 15 is 0 Å². The molecule has 0 saturated heterocycles. The zero-order chi connectivity index (χ0) is 16.4. The summed E-state index contributed by atoms with van der Waals surface area (Å²) in [6.07, 6.45) is 6.93. The van der Waals surface area contributed by atoms with Crippen molar-refractivity contribution in [2.24, 2.45) is 5.10 Å². The van der Waals surface area contributed by atoms with E-state index in [4.69, 9.17) is 0 Å². The van der Waals surface area contributed by atoms with Gasteiger partial charge in [0.2, 0.25) is 0 Å². The minimum atomic E-state index is -0.0587. The van der Waals surface area contributed by atoms with Crippen LogP contribution in [-0.2, 0) is 0 Å². The number of nitrogens with one attached hydrogen (secondary N) is 2. The Hall–Kier alpha value is -1.66. The molecule has 0 radical (unpaired) electrons. The van der Waals surface area contributed by atoms with Gasteiger partial charge in [0.05, 0.1) is 4.88 Å². The maximum atomic E-state index is 12.3. The molecule has 0 aromatic carbocycles. The lowest BCUT2D eigenvalue weighted by molar-refractivity contribution is 0.0969. The number of rotatable bonds is 7. The van der Waals surface area contributed by atoms with Gasteiger partial charge in [0.25, 0.3) is 5.91 Å². The lowest BCUT2D eigenvalue weighted by Gasteiger charge is -2.26. The van der Waals surface area contributed by atoms with Gasteiger partial charge in [0, 0.05) is 43.7 Å². The molecule has 0 aliphatic heterocycles. The number of carbonyl (C=O) groups excluding carboxylic acids is 1. The van der Waals surface area contributed by atoms with Crippen molar-refractivity contribution in [1.29, 1.82) is 0 Å². The molecule has 2 N–H and O–H groups in total. The fourth-order valence-electron chi connectivity index (χ4n) is 2.88. The fraction of sp³-hybridized carbons (Fsp3) is 0.529. The van der Waals surface area contributed by atoms with E-state index in [2.05, 4.69) is 27.8 Å². The van der Waals surface area contributed by atoms with E-state index in [0.29, 0.717) is 12.0 Å². The average molecular weight is 332 g/mol. The predicted octanol–water partition coefficient (Wildman–Crippen LogP) is 2.88. The van der Waals surface area contributed by atoms with E-state index in [-0.39, 0.29) is 5.91 Å². The molecule has 0 spiro atoms.